The first-order valence-corrected chi connectivity index (χ1v) is 17.4. The van der Waals surface area contributed by atoms with Crippen LogP contribution in [0, 0.1) is 0 Å². The van der Waals surface area contributed by atoms with E-state index in [1.165, 1.54) is 10.1 Å². The Morgan fingerprint density at radius 2 is 2.10 bits per heavy atom. The number of hydrogen-bond acceptors (Lipinski definition) is 4. The first-order chi connectivity index (χ1) is 9.55. The van der Waals surface area contributed by atoms with Crippen LogP contribution in [0.2, 0.25) is 14.8 Å². The fourth-order valence-corrected chi connectivity index (χ4v) is 5.05. The molecule has 0 spiro atoms. The van der Waals surface area contributed by atoms with Crippen LogP contribution in [0.1, 0.15) is 19.3 Å². The summed E-state index contributed by atoms with van der Waals surface area (Å²) in [6.45, 7) is 1.89. The molecule has 1 fully saturated rings. The zero-order valence-corrected chi connectivity index (χ0v) is 15.6. The molecule has 1 unspecified atom stereocenters. The second kappa shape index (κ2) is 7.61. The molecule has 112 valence electrons. The van der Waals surface area contributed by atoms with Crippen molar-refractivity contribution in [1.82, 2.24) is 4.98 Å². The van der Waals surface area contributed by atoms with Crippen molar-refractivity contribution in [3.8, 4) is 5.88 Å². The quantitative estimate of drug-likeness (QED) is 0.557. The van der Waals surface area contributed by atoms with Crippen LogP contribution in [0.4, 0.5) is 0 Å². The van der Waals surface area contributed by atoms with Crippen molar-refractivity contribution in [1.29, 1.82) is 0 Å². The van der Waals surface area contributed by atoms with Gasteiger partial charge < -0.3 is 0 Å². The third kappa shape index (κ3) is 5.22. The van der Waals surface area contributed by atoms with E-state index in [0.717, 1.165) is 19.4 Å². The molecule has 1 aromatic heterocycles. The third-order valence-corrected chi connectivity index (χ3v) is 8.45. The summed E-state index contributed by atoms with van der Waals surface area (Å²) in [5.74, 6) is 0.710. The van der Waals surface area contributed by atoms with Crippen LogP contribution in [0.3, 0.4) is 0 Å². The van der Waals surface area contributed by atoms with E-state index in [4.69, 9.17) is 14.2 Å². The summed E-state index contributed by atoms with van der Waals surface area (Å²) in [6, 6.07) is 6.07. The Hall–Kier alpha value is -0.331. The van der Waals surface area contributed by atoms with Crippen molar-refractivity contribution < 1.29 is 14.2 Å². The maximum atomic E-state index is 5.67. The van der Waals surface area contributed by atoms with Crippen LogP contribution in [-0.2, 0) is 9.47 Å². The van der Waals surface area contributed by atoms with Gasteiger partial charge in [0.25, 0.3) is 0 Å². The van der Waals surface area contributed by atoms with Crippen molar-refractivity contribution in [2.45, 2.75) is 40.4 Å². The van der Waals surface area contributed by atoms with E-state index in [9.17, 15) is 0 Å². The van der Waals surface area contributed by atoms with E-state index in [2.05, 4.69) is 25.9 Å². The van der Waals surface area contributed by atoms with Gasteiger partial charge in [0.1, 0.15) is 0 Å². The Bertz CT molecular complexity index is 414. The van der Waals surface area contributed by atoms with Crippen LogP contribution < -0.4 is 8.45 Å². The average Bonchev–Trinajstić information content (AvgIpc) is 2.44. The summed E-state index contributed by atoms with van der Waals surface area (Å²) in [5, 5.41) is 0. The van der Waals surface area contributed by atoms with Gasteiger partial charge in [0.2, 0.25) is 0 Å². The van der Waals surface area contributed by atoms with Gasteiger partial charge in [0.15, 0.2) is 0 Å². The Morgan fingerprint density at radius 3 is 2.80 bits per heavy atom. The molecule has 4 nitrogen and oxygen atoms in total. The Morgan fingerprint density at radius 1 is 1.25 bits per heavy atom. The average molecular weight is 386 g/mol. The molecule has 0 aromatic carbocycles. The summed E-state index contributed by atoms with van der Waals surface area (Å²) in [4.78, 5) is 11.7. The molecule has 1 atom stereocenters. The molecular formula is C15H25NO3Sn. The van der Waals surface area contributed by atoms with Crippen LogP contribution >= 0.6 is 0 Å². The van der Waals surface area contributed by atoms with Gasteiger partial charge in [0.05, 0.1) is 0 Å². The zero-order valence-electron chi connectivity index (χ0n) is 12.7. The molecule has 20 heavy (non-hydrogen) atoms. The first kappa shape index (κ1) is 16.0. The van der Waals surface area contributed by atoms with Crippen LogP contribution in [0.5, 0.6) is 5.88 Å². The topological polar surface area (TPSA) is 40.6 Å². The second-order valence-electron chi connectivity index (χ2n) is 6.13. The van der Waals surface area contributed by atoms with Crippen LogP contribution in [0.15, 0.2) is 18.2 Å². The van der Waals surface area contributed by atoms with Crippen molar-refractivity contribution in [2.24, 2.45) is 0 Å². The SMILES string of the molecule is [CH3][Sn]([CH3])([CH3])[c]1cccc(OCCOC2CCCCO2)n1. The van der Waals surface area contributed by atoms with E-state index in [1.807, 2.05) is 12.1 Å². The molecule has 2 heterocycles. The Labute approximate surface area is 125 Å². The number of aromatic nitrogens is 1. The van der Waals surface area contributed by atoms with Gasteiger partial charge in [-0.2, -0.15) is 0 Å². The van der Waals surface area contributed by atoms with Crippen molar-refractivity contribution in [2.75, 3.05) is 19.8 Å². The number of rotatable bonds is 6. The molecule has 0 aliphatic carbocycles. The van der Waals surface area contributed by atoms with Crippen molar-refractivity contribution in [3.05, 3.63) is 18.2 Å². The predicted molar refractivity (Wildman–Crippen MR) is 82.3 cm³/mol. The van der Waals surface area contributed by atoms with E-state index in [0.29, 0.717) is 19.1 Å². The molecule has 0 bridgehead atoms. The van der Waals surface area contributed by atoms with Gasteiger partial charge >= 0.3 is 126 Å². The zero-order chi connectivity index (χ0) is 14.4. The molecule has 0 radical (unpaired) electrons. The predicted octanol–water partition coefficient (Wildman–Crippen LogP) is 2.55. The molecule has 1 aromatic rings. The number of ether oxygens (including phenoxy) is 3. The fourth-order valence-electron chi connectivity index (χ4n) is 2.08. The van der Waals surface area contributed by atoms with Gasteiger partial charge in [-0.1, -0.05) is 0 Å². The normalized spacial score (nSPS) is 19.9. The van der Waals surface area contributed by atoms with E-state index < -0.39 is 18.4 Å². The maximum absolute atomic E-state index is 5.67. The summed E-state index contributed by atoms with van der Waals surface area (Å²) in [5.41, 5.74) is 0. The summed E-state index contributed by atoms with van der Waals surface area (Å²) < 4.78 is 18.1. The summed E-state index contributed by atoms with van der Waals surface area (Å²) >= 11 is -2.11. The summed E-state index contributed by atoms with van der Waals surface area (Å²) in [7, 11) is 0. The van der Waals surface area contributed by atoms with Crippen molar-refractivity contribution in [3.63, 3.8) is 0 Å². The molecule has 0 amide bonds. The van der Waals surface area contributed by atoms with Gasteiger partial charge in [-0.25, -0.2) is 0 Å². The molecule has 1 aliphatic heterocycles. The monoisotopic (exact) mass is 387 g/mol. The molecular weight excluding hydrogens is 361 g/mol. The van der Waals surface area contributed by atoms with Gasteiger partial charge in [-0.3, -0.25) is 0 Å². The number of nitrogens with zero attached hydrogens (tertiary/aromatic N) is 1. The fraction of sp³-hybridized carbons (Fsp3) is 0.667. The molecule has 0 N–H and O–H groups in total. The minimum absolute atomic E-state index is 0.0441. The van der Waals surface area contributed by atoms with Gasteiger partial charge in [0, 0.05) is 0 Å². The first-order valence-electron chi connectivity index (χ1n) is 7.39. The molecule has 5 heteroatoms. The molecule has 1 saturated heterocycles. The summed E-state index contributed by atoms with van der Waals surface area (Å²) in [6.07, 6.45) is 3.28. The van der Waals surface area contributed by atoms with Gasteiger partial charge in [-0.15, -0.1) is 0 Å². The molecule has 1 aliphatic rings. The molecule has 2 rings (SSSR count). The van der Waals surface area contributed by atoms with E-state index in [1.54, 1.807) is 0 Å². The standard InChI is InChI=1S/C12H16NO3.3CH3.Sn/c1-3-7-13-11(5-1)14-9-10-16-12-6-2-4-8-15-12;;;;/h1,3,5,12H,2,4,6,8-10H2;3*1H3;. The Kier molecular flexibility index (Phi) is 6.11. The number of pyridine rings is 1. The van der Waals surface area contributed by atoms with Crippen LogP contribution in [0.25, 0.3) is 0 Å². The van der Waals surface area contributed by atoms with Gasteiger partial charge in [-0.05, 0) is 0 Å². The Balaban J connectivity index is 1.73. The van der Waals surface area contributed by atoms with E-state index in [-0.39, 0.29) is 6.29 Å². The third-order valence-electron chi connectivity index (χ3n) is 3.27. The minimum atomic E-state index is -2.11. The molecule has 0 saturated carbocycles. The number of hydrogen-bond donors (Lipinski definition) is 0. The van der Waals surface area contributed by atoms with E-state index >= 15 is 0 Å². The van der Waals surface area contributed by atoms with Crippen molar-refractivity contribution >= 4 is 22.1 Å². The second-order valence-corrected chi connectivity index (χ2v) is 20.4. The van der Waals surface area contributed by atoms with Crippen LogP contribution in [-0.4, -0.2) is 49.5 Å².